The van der Waals surface area contributed by atoms with Crippen LogP contribution in [-0.2, 0) is 16.0 Å². The highest BCUT2D eigenvalue weighted by Gasteiger charge is 2.36. The van der Waals surface area contributed by atoms with Crippen molar-refractivity contribution in [1.29, 1.82) is 0 Å². The van der Waals surface area contributed by atoms with Crippen molar-refractivity contribution in [3.05, 3.63) is 25.4 Å². The maximum Gasteiger partial charge on any atom is 0.574 e. The van der Waals surface area contributed by atoms with Crippen LogP contribution in [0, 0.1) is 13.7 Å². The van der Waals surface area contributed by atoms with Gasteiger partial charge in [0.05, 0.1) is 24.1 Å². The molecule has 1 aromatic rings. The minimum Gasteiger partial charge on any atom is -0.466 e. The second-order valence-electron chi connectivity index (χ2n) is 3.53. The molecule has 116 valence electrons. The van der Waals surface area contributed by atoms with E-state index in [4.69, 9.17) is 0 Å². The van der Waals surface area contributed by atoms with Crippen molar-refractivity contribution in [1.82, 2.24) is 4.98 Å². The van der Waals surface area contributed by atoms with Gasteiger partial charge in [-0.1, -0.05) is 0 Å². The summed E-state index contributed by atoms with van der Waals surface area (Å²) in [5.41, 5.74) is -1.25. The van der Waals surface area contributed by atoms with Gasteiger partial charge in [-0.2, -0.15) is 0 Å². The van der Waals surface area contributed by atoms with E-state index in [0.29, 0.717) is 0 Å². The van der Waals surface area contributed by atoms with Gasteiger partial charge in [0.1, 0.15) is 9.13 Å². The van der Waals surface area contributed by atoms with Crippen LogP contribution in [0.1, 0.15) is 12.5 Å². The molecule has 0 fully saturated rings. The third-order valence-electron chi connectivity index (χ3n) is 2.09. The molecule has 11 heteroatoms. The van der Waals surface area contributed by atoms with E-state index in [9.17, 15) is 28.1 Å². The monoisotopic (exact) mass is 420 g/mol. The highest BCUT2D eigenvalue weighted by Crippen LogP contribution is 2.34. The number of nitrogens with zero attached hydrogens (tertiary/aromatic N) is 2. The Morgan fingerprint density at radius 2 is 2.14 bits per heavy atom. The molecule has 0 saturated carbocycles. The lowest BCUT2D eigenvalue weighted by Gasteiger charge is -2.12. The van der Waals surface area contributed by atoms with E-state index < -0.39 is 40.8 Å². The van der Waals surface area contributed by atoms with Crippen LogP contribution in [0.5, 0.6) is 5.88 Å². The SMILES string of the molecule is CCOC(=O)Cc1c(OC(F)(F)F)ncc(I)c1[N+](=O)[O-]. The van der Waals surface area contributed by atoms with Crippen LogP contribution in [0.15, 0.2) is 6.20 Å². The molecule has 0 aromatic carbocycles. The molecule has 0 aliphatic carbocycles. The maximum absolute atomic E-state index is 12.3. The molecular weight excluding hydrogens is 412 g/mol. The number of esters is 1. The van der Waals surface area contributed by atoms with E-state index >= 15 is 0 Å². The van der Waals surface area contributed by atoms with Crippen LogP contribution in [0.3, 0.4) is 0 Å². The third kappa shape index (κ3) is 4.99. The molecule has 0 aliphatic heterocycles. The van der Waals surface area contributed by atoms with Gasteiger partial charge < -0.3 is 9.47 Å². The molecule has 0 bridgehead atoms. The molecule has 0 radical (unpaired) electrons. The molecule has 0 saturated heterocycles. The molecular formula is C10H8F3IN2O5. The number of pyridine rings is 1. The van der Waals surface area contributed by atoms with Crippen molar-refractivity contribution in [2.75, 3.05) is 6.61 Å². The summed E-state index contributed by atoms with van der Waals surface area (Å²) >= 11 is 1.53. The highest BCUT2D eigenvalue weighted by atomic mass is 127. The number of carbonyl (C=O) groups excluding carboxylic acids is 1. The van der Waals surface area contributed by atoms with Gasteiger partial charge in [-0.05, 0) is 29.5 Å². The van der Waals surface area contributed by atoms with Crippen molar-refractivity contribution in [2.24, 2.45) is 0 Å². The van der Waals surface area contributed by atoms with E-state index in [0.717, 1.165) is 6.20 Å². The Kier molecular flexibility index (Phi) is 5.69. The van der Waals surface area contributed by atoms with Gasteiger partial charge in [0.2, 0.25) is 5.88 Å². The van der Waals surface area contributed by atoms with Crippen molar-refractivity contribution in [2.45, 2.75) is 19.7 Å². The van der Waals surface area contributed by atoms with Crippen molar-refractivity contribution >= 4 is 34.2 Å². The van der Waals surface area contributed by atoms with E-state index in [-0.39, 0.29) is 10.2 Å². The third-order valence-corrected chi connectivity index (χ3v) is 2.88. The average molecular weight is 420 g/mol. The zero-order valence-electron chi connectivity index (χ0n) is 10.4. The molecule has 0 aliphatic rings. The van der Waals surface area contributed by atoms with Crippen molar-refractivity contribution < 1.29 is 32.4 Å². The average Bonchev–Trinajstić information content (AvgIpc) is 2.31. The first-order valence-electron chi connectivity index (χ1n) is 5.38. The van der Waals surface area contributed by atoms with Gasteiger partial charge in [0.25, 0.3) is 5.69 Å². The summed E-state index contributed by atoms with van der Waals surface area (Å²) in [6.45, 7) is 1.48. The summed E-state index contributed by atoms with van der Waals surface area (Å²) in [6.07, 6.45) is -4.98. The largest absolute Gasteiger partial charge is 0.574 e. The van der Waals surface area contributed by atoms with Gasteiger partial charge in [0, 0.05) is 0 Å². The fraction of sp³-hybridized carbons (Fsp3) is 0.400. The summed E-state index contributed by atoms with van der Waals surface area (Å²) in [4.78, 5) is 24.8. The number of hydrogen-bond donors (Lipinski definition) is 0. The molecule has 1 rings (SSSR count). The van der Waals surface area contributed by atoms with Gasteiger partial charge >= 0.3 is 12.3 Å². The summed E-state index contributed by atoms with van der Waals surface area (Å²) in [6, 6.07) is 0. The predicted octanol–water partition coefficient (Wildman–Crippen LogP) is 2.60. The number of carbonyl (C=O) groups is 1. The lowest BCUT2D eigenvalue weighted by atomic mass is 10.1. The Morgan fingerprint density at radius 3 is 2.62 bits per heavy atom. The first-order valence-corrected chi connectivity index (χ1v) is 6.46. The topological polar surface area (TPSA) is 91.6 Å². The van der Waals surface area contributed by atoms with Crippen LogP contribution in [0.25, 0.3) is 0 Å². The Morgan fingerprint density at radius 1 is 1.52 bits per heavy atom. The summed E-state index contributed by atoms with van der Waals surface area (Å²) in [5, 5.41) is 11.0. The molecule has 0 unspecified atom stereocenters. The zero-order chi connectivity index (χ0) is 16.2. The molecule has 7 nitrogen and oxygen atoms in total. The number of aromatic nitrogens is 1. The fourth-order valence-corrected chi connectivity index (χ4v) is 2.07. The van der Waals surface area contributed by atoms with E-state index in [2.05, 4.69) is 14.5 Å². The van der Waals surface area contributed by atoms with Gasteiger partial charge in [-0.25, -0.2) is 4.98 Å². The van der Waals surface area contributed by atoms with Crippen LogP contribution < -0.4 is 4.74 Å². The summed E-state index contributed by atoms with van der Waals surface area (Å²) < 4.78 is 45.1. The van der Waals surface area contributed by atoms with E-state index in [1.165, 1.54) is 29.5 Å². The molecule has 1 aromatic heterocycles. The van der Waals surface area contributed by atoms with Gasteiger partial charge in [-0.15, -0.1) is 13.2 Å². The first kappa shape index (κ1) is 17.4. The summed E-state index contributed by atoms with van der Waals surface area (Å²) in [5.74, 6) is -1.96. The van der Waals surface area contributed by atoms with E-state index in [1.54, 1.807) is 0 Å². The normalized spacial score (nSPS) is 11.1. The predicted molar refractivity (Wildman–Crippen MR) is 70.6 cm³/mol. The van der Waals surface area contributed by atoms with E-state index in [1.807, 2.05) is 0 Å². The van der Waals surface area contributed by atoms with Crippen molar-refractivity contribution in [3.63, 3.8) is 0 Å². The Balaban J connectivity index is 3.33. The molecule has 0 spiro atoms. The van der Waals surface area contributed by atoms with Crippen LogP contribution in [0.2, 0.25) is 0 Å². The maximum atomic E-state index is 12.3. The van der Waals surface area contributed by atoms with Crippen molar-refractivity contribution in [3.8, 4) is 5.88 Å². The molecule has 0 atom stereocenters. The Hall–Kier alpha value is -1.66. The minimum atomic E-state index is -5.09. The molecule has 0 amide bonds. The Labute approximate surface area is 129 Å². The number of alkyl halides is 3. The van der Waals surface area contributed by atoms with Gasteiger partial charge in [0.15, 0.2) is 0 Å². The first-order chi connectivity index (χ1) is 9.65. The second-order valence-corrected chi connectivity index (χ2v) is 4.69. The molecule has 21 heavy (non-hydrogen) atoms. The molecule has 1 heterocycles. The highest BCUT2D eigenvalue weighted by molar-refractivity contribution is 14.1. The number of nitro groups is 1. The standard InChI is InChI=1S/C10H8F3IN2O5/c1-2-20-7(17)3-5-8(16(18)19)6(14)4-15-9(5)21-10(11,12)13/h4H,2-3H2,1H3. The number of halogens is 4. The number of hydrogen-bond acceptors (Lipinski definition) is 6. The second kappa shape index (κ2) is 6.87. The zero-order valence-corrected chi connectivity index (χ0v) is 12.6. The van der Waals surface area contributed by atoms with Gasteiger partial charge in [-0.3, -0.25) is 14.9 Å². The lowest BCUT2D eigenvalue weighted by molar-refractivity contribution is -0.386. The van der Waals surface area contributed by atoms with Crippen LogP contribution in [0.4, 0.5) is 18.9 Å². The quantitative estimate of drug-likeness (QED) is 0.315. The Bertz CT molecular complexity index is 564. The fourth-order valence-electron chi connectivity index (χ4n) is 1.41. The van der Waals surface area contributed by atoms with Crippen LogP contribution >= 0.6 is 22.6 Å². The molecule has 0 N–H and O–H groups in total. The lowest BCUT2D eigenvalue weighted by Crippen LogP contribution is -2.21. The van der Waals surface area contributed by atoms with Crippen LogP contribution in [-0.4, -0.2) is 28.8 Å². The smallest absolute Gasteiger partial charge is 0.466 e. The minimum absolute atomic E-state index is 0.0144. The number of ether oxygens (including phenoxy) is 2. The summed E-state index contributed by atoms with van der Waals surface area (Å²) in [7, 11) is 0. The number of rotatable bonds is 5.